The van der Waals surface area contributed by atoms with E-state index in [1.165, 1.54) is 7.11 Å². The number of aliphatic hydroxyl groups excluding tert-OH is 1. The zero-order valence-corrected chi connectivity index (χ0v) is 14.1. The summed E-state index contributed by atoms with van der Waals surface area (Å²) in [6, 6.07) is 7.31. The van der Waals surface area contributed by atoms with Crippen molar-refractivity contribution in [1.82, 2.24) is 10.2 Å². The summed E-state index contributed by atoms with van der Waals surface area (Å²) in [6.07, 6.45) is -0.870. The molecule has 2 aromatic rings. The maximum Gasteiger partial charge on any atom is 0.167 e. The lowest BCUT2D eigenvalue weighted by Gasteiger charge is -2.17. The molecule has 0 aliphatic carbocycles. The number of methoxy groups -OCH3 is 2. The highest BCUT2D eigenvalue weighted by molar-refractivity contribution is 5.56. The average molecular weight is 328 g/mol. The van der Waals surface area contributed by atoms with Crippen LogP contribution in [0.4, 0.5) is 5.82 Å². The van der Waals surface area contributed by atoms with E-state index in [1.807, 2.05) is 6.92 Å². The van der Waals surface area contributed by atoms with Crippen molar-refractivity contribution in [3.8, 4) is 17.6 Å². The Morgan fingerprint density at radius 1 is 1.25 bits per heavy atom. The van der Waals surface area contributed by atoms with Crippen molar-refractivity contribution in [2.24, 2.45) is 0 Å². The van der Waals surface area contributed by atoms with Gasteiger partial charge in [0.2, 0.25) is 0 Å². The number of nitrogens with zero attached hydrogens (tertiary/aromatic N) is 3. The van der Waals surface area contributed by atoms with Gasteiger partial charge in [0.05, 0.1) is 26.0 Å². The molecule has 7 nitrogen and oxygen atoms in total. The van der Waals surface area contributed by atoms with Crippen LogP contribution in [0.2, 0.25) is 0 Å². The Kier molecular flexibility index (Phi) is 5.55. The third-order valence-corrected chi connectivity index (χ3v) is 3.83. The Labute approximate surface area is 140 Å². The minimum absolute atomic E-state index is 0.148. The number of hydrogen-bond donors (Lipinski definition) is 2. The van der Waals surface area contributed by atoms with Crippen molar-refractivity contribution in [2.75, 3.05) is 26.1 Å². The molecule has 0 radical (unpaired) electrons. The molecule has 1 aromatic carbocycles. The molecule has 0 fully saturated rings. The average Bonchev–Trinajstić information content (AvgIpc) is 2.61. The van der Waals surface area contributed by atoms with Gasteiger partial charge in [-0.2, -0.15) is 10.4 Å². The van der Waals surface area contributed by atoms with Gasteiger partial charge in [-0.05, 0) is 37.6 Å². The standard InChI is InChI=1S/C17H20N4O3/c1-10-11(2)20-21-17(14(10)8-18)19-9-15(22)13-7-12(23-3)5-6-16(13)24-4/h5-7,15,22H,9H2,1-4H3,(H,19,21). The van der Waals surface area contributed by atoms with Crippen molar-refractivity contribution < 1.29 is 14.6 Å². The zero-order chi connectivity index (χ0) is 17.7. The molecule has 24 heavy (non-hydrogen) atoms. The van der Waals surface area contributed by atoms with Gasteiger partial charge in [0.15, 0.2) is 5.82 Å². The third kappa shape index (κ3) is 3.55. The van der Waals surface area contributed by atoms with Gasteiger partial charge in [-0.15, -0.1) is 5.10 Å². The highest BCUT2D eigenvalue weighted by atomic mass is 16.5. The van der Waals surface area contributed by atoms with Crippen molar-refractivity contribution >= 4 is 5.82 Å². The molecule has 126 valence electrons. The van der Waals surface area contributed by atoms with E-state index in [-0.39, 0.29) is 6.54 Å². The van der Waals surface area contributed by atoms with E-state index in [4.69, 9.17) is 9.47 Å². The quantitative estimate of drug-likeness (QED) is 0.837. The fourth-order valence-corrected chi connectivity index (χ4v) is 2.27. The molecular weight excluding hydrogens is 308 g/mol. The minimum atomic E-state index is -0.870. The maximum absolute atomic E-state index is 10.5. The molecular formula is C17H20N4O3. The molecule has 0 spiro atoms. The number of aromatic nitrogens is 2. The molecule has 0 aliphatic heterocycles. The van der Waals surface area contributed by atoms with Crippen LogP contribution in [0.3, 0.4) is 0 Å². The topological polar surface area (TPSA) is 100 Å². The van der Waals surface area contributed by atoms with Gasteiger partial charge >= 0.3 is 0 Å². The molecule has 0 amide bonds. The number of nitriles is 1. The predicted molar refractivity (Wildman–Crippen MR) is 89.2 cm³/mol. The lowest BCUT2D eigenvalue weighted by molar-refractivity contribution is 0.186. The number of hydrogen-bond acceptors (Lipinski definition) is 7. The van der Waals surface area contributed by atoms with E-state index >= 15 is 0 Å². The molecule has 2 N–H and O–H groups in total. The number of rotatable bonds is 6. The summed E-state index contributed by atoms with van der Waals surface area (Å²) < 4.78 is 10.5. The summed E-state index contributed by atoms with van der Waals surface area (Å²) >= 11 is 0. The lowest BCUT2D eigenvalue weighted by Crippen LogP contribution is -2.16. The van der Waals surface area contributed by atoms with Crippen molar-refractivity contribution in [1.29, 1.82) is 5.26 Å². The molecule has 0 bridgehead atoms. The third-order valence-electron chi connectivity index (χ3n) is 3.83. The maximum atomic E-state index is 10.5. The summed E-state index contributed by atoms with van der Waals surface area (Å²) in [6.45, 7) is 3.76. The second-order valence-electron chi connectivity index (χ2n) is 5.25. The van der Waals surface area contributed by atoms with Crippen LogP contribution in [0.1, 0.15) is 28.5 Å². The van der Waals surface area contributed by atoms with Crippen LogP contribution in [0, 0.1) is 25.2 Å². The summed E-state index contributed by atoms with van der Waals surface area (Å²) in [5, 5.41) is 30.8. The summed E-state index contributed by atoms with van der Waals surface area (Å²) in [5.41, 5.74) is 2.47. The molecule has 0 aliphatic rings. The van der Waals surface area contributed by atoms with Gasteiger partial charge in [0.1, 0.15) is 23.1 Å². The number of aliphatic hydroxyl groups is 1. The van der Waals surface area contributed by atoms with E-state index in [0.717, 1.165) is 5.56 Å². The van der Waals surface area contributed by atoms with Crippen LogP contribution in [-0.2, 0) is 0 Å². The monoisotopic (exact) mass is 328 g/mol. The van der Waals surface area contributed by atoms with Crippen LogP contribution in [0.25, 0.3) is 0 Å². The van der Waals surface area contributed by atoms with Crippen LogP contribution in [0.15, 0.2) is 18.2 Å². The molecule has 2 rings (SSSR count). The first-order chi connectivity index (χ1) is 11.5. The fraction of sp³-hybridized carbons (Fsp3) is 0.353. The zero-order valence-electron chi connectivity index (χ0n) is 14.1. The molecule has 0 saturated heterocycles. The summed E-state index contributed by atoms with van der Waals surface area (Å²) in [5.74, 6) is 1.52. The van der Waals surface area contributed by atoms with E-state index in [1.54, 1.807) is 32.2 Å². The Balaban J connectivity index is 2.22. The molecule has 0 saturated carbocycles. The molecule has 1 heterocycles. The molecule has 7 heteroatoms. The number of anilines is 1. The lowest BCUT2D eigenvalue weighted by atomic mass is 10.1. The van der Waals surface area contributed by atoms with E-state index in [9.17, 15) is 10.4 Å². The largest absolute Gasteiger partial charge is 0.497 e. The molecule has 1 unspecified atom stereocenters. The van der Waals surface area contributed by atoms with Crippen molar-refractivity contribution in [3.05, 3.63) is 40.6 Å². The van der Waals surface area contributed by atoms with E-state index in [2.05, 4.69) is 21.6 Å². The second kappa shape index (κ2) is 7.62. The normalized spacial score (nSPS) is 11.5. The van der Waals surface area contributed by atoms with Crippen LogP contribution >= 0.6 is 0 Å². The van der Waals surface area contributed by atoms with Crippen LogP contribution in [-0.4, -0.2) is 36.1 Å². The minimum Gasteiger partial charge on any atom is -0.497 e. The Bertz CT molecular complexity index is 771. The first kappa shape index (κ1) is 17.5. The number of nitrogens with one attached hydrogen (secondary N) is 1. The second-order valence-corrected chi connectivity index (χ2v) is 5.25. The van der Waals surface area contributed by atoms with Crippen molar-refractivity contribution in [2.45, 2.75) is 20.0 Å². The fourth-order valence-electron chi connectivity index (χ4n) is 2.27. The summed E-state index contributed by atoms with van der Waals surface area (Å²) in [4.78, 5) is 0. The Morgan fingerprint density at radius 3 is 2.62 bits per heavy atom. The summed E-state index contributed by atoms with van der Waals surface area (Å²) in [7, 11) is 3.09. The number of aryl methyl sites for hydroxylation is 1. The smallest absolute Gasteiger partial charge is 0.167 e. The van der Waals surface area contributed by atoms with E-state index < -0.39 is 6.10 Å². The Hall–Kier alpha value is -2.85. The van der Waals surface area contributed by atoms with Crippen LogP contribution in [0.5, 0.6) is 11.5 Å². The number of benzene rings is 1. The molecule has 1 aromatic heterocycles. The van der Waals surface area contributed by atoms with E-state index in [0.29, 0.717) is 34.1 Å². The highest BCUT2D eigenvalue weighted by Gasteiger charge is 2.17. The van der Waals surface area contributed by atoms with Gasteiger partial charge in [0.25, 0.3) is 0 Å². The first-order valence-electron chi connectivity index (χ1n) is 7.39. The predicted octanol–water partition coefficient (Wildman–Crippen LogP) is 2.13. The molecule has 1 atom stereocenters. The van der Waals surface area contributed by atoms with Gasteiger partial charge in [-0.1, -0.05) is 0 Å². The highest BCUT2D eigenvalue weighted by Crippen LogP contribution is 2.29. The van der Waals surface area contributed by atoms with Gasteiger partial charge in [-0.25, -0.2) is 0 Å². The van der Waals surface area contributed by atoms with Gasteiger partial charge in [0, 0.05) is 12.1 Å². The number of ether oxygens (including phenoxy) is 2. The van der Waals surface area contributed by atoms with Crippen molar-refractivity contribution in [3.63, 3.8) is 0 Å². The SMILES string of the molecule is COc1ccc(OC)c(C(O)CNc2nnc(C)c(C)c2C#N)c1. The van der Waals surface area contributed by atoms with Crippen LogP contribution < -0.4 is 14.8 Å². The van der Waals surface area contributed by atoms with Gasteiger partial charge in [-0.3, -0.25) is 0 Å². The Morgan fingerprint density at radius 2 is 2.00 bits per heavy atom. The van der Waals surface area contributed by atoms with Gasteiger partial charge < -0.3 is 19.9 Å². The first-order valence-corrected chi connectivity index (χ1v) is 7.39.